The Kier molecular flexibility index (Phi) is 10.2. The Morgan fingerprint density at radius 1 is 1.24 bits per heavy atom. The number of amides is 1. The second-order valence-electron chi connectivity index (χ2n) is 4.28. The van der Waals surface area contributed by atoms with Crippen molar-refractivity contribution in [2.45, 2.75) is 45.6 Å². The van der Waals surface area contributed by atoms with E-state index in [0.717, 1.165) is 0 Å². The zero-order valence-corrected chi connectivity index (χ0v) is 10.9. The SMILES string of the molecule is C=C.CC(C)(C)OC(=O)NCCCCC(=O)O. The molecule has 5 nitrogen and oxygen atoms in total. The summed E-state index contributed by atoms with van der Waals surface area (Å²) in [7, 11) is 0. The molecule has 0 aliphatic heterocycles. The molecule has 0 radical (unpaired) electrons. The molecule has 0 heterocycles. The minimum atomic E-state index is -0.813. The van der Waals surface area contributed by atoms with Gasteiger partial charge in [-0.15, -0.1) is 13.2 Å². The summed E-state index contributed by atoms with van der Waals surface area (Å²) < 4.78 is 5.00. The second-order valence-corrected chi connectivity index (χ2v) is 4.28. The van der Waals surface area contributed by atoms with Crippen LogP contribution >= 0.6 is 0 Å². The van der Waals surface area contributed by atoms with Crippen molar-refractivity contribution in [2.24, 2.45) is 0 Å². The second kappa shape index (κ2) is 9.69. The summed E-state index contributed by atoms with van der Waals surface area (Å²) in [6.07, 6.45) is 0.880. The molecular weight excluding hydrogens is 222 g/mol. The third kappa shape index (κ3) is 17.1. The van der Waals surface area contributed by atoms with Crippen LogP contribution in [-0.2, 0) is 9.53 Å². The van der Waals surface area contributed by atoms with Crippen LogP contribution in [0.5, 0.6) is 0 Å². The minimum Gasteiger partial charge on any atom is -0.481 e. The molecule has 0 bridgehead atoms. The first-order valence-electron chi connectivity index (χ1n) is 5.50. The quantitative estimate of drug-likeness (QED) is 0.576. The molecule has 0 unspecified atom stereocenters. The molecule has 0 aromatic heterocycles. The van der Waals surface area contributed by atoms with Crippen LogP contribution < -0.4 is 5.32 Å². The largest absolute Gasteiger partial charge is 0.481 e. The van der Waals surface area contributed by atoms with E-state index in [2.05, 4.69) is 18.5 Å². The first-order chi connectivity index (χ1) is 7.81. The maximum absolute atomic E-state index is 11.1. The highest BCUT2D eigenvalue weighted by molar-refractivity contribution is 5.67. The maximum Gasteiger partial charge on any atom is 0.407 e. The molecule has 17 heavy (non-hydrogen) atoms. The number of carbonyl (C=O) groups is 2. The van der Waals surface area contributed by atoms with Crippen LogP contribution in [0.25, 0.3) is 0 Å². The minimum absolute atomic E-state index is 0.135. The van der Waals surface area contributed by atoms with Crippen molar-refractivity contribution in [2.75, 3.05) is 6.54 Å². The van der Waals surface area contributed by atoms with Crippen molar-refractivity contribution >= 4 is 12.1 Å². The Bertz CT molecular complexity index is 233. The number of rotatable bonds is 5. The van der Waals surface area contributed by atoms with Crippen molar-refractivity contribution in [1.82, 2.24) is 5.32 Å². The molecule has 2 N–H and O–H groups in total. The van der Waals surface area contributed by atoms with Gasteiger partial charge in [0, 0.05) is 13.0 Å². The number of alkyl carbamates (subject to hydrolysis) is 1. The highest BCUT2D eigenvalue weighted by atomic mass is 16.6. The molecule has 0 aliphatic carbocycles. The highest BCUT2D eigenvalue weighted by Gasteiger charge is 2.15. The summed E-state index contributed by atoms with van der Waals surface area (Å²) in [6, 6.07) is 0. The van der Waals surface area contributed by atoms with E-state index in [-0.39, 0.29) is 6.42 Å². The molecule has 0 fully saturated rings. The maximum atomic E-state index is 11.1. The Morgan fingerprint density at radius 2 is 1.76 bits per heavy atom. The zero-order chi connectivity index (χ0) is 13.9. The molecule has 0 spiro atoms. The topological polar surface area (TPSA) is 75.6 Å². The molecule has 0 atom stereocenters. The number of ether oxygens (including phenoxy) is 1. The van der Waals surface area contributed by atoms with Crippen molar-refractivity contribution < 1.29 is 19.4 Å². The summed E-state index contributed by atoms with van der Waals surface area (Å²) in [4.78, 5) is 21.3. The summed E-state index contributed by atoms with van der Waals surface area (Å²) >= 11 is 0. The van der Waals surface area contributed by atoms with Gasteiger partial charge in [0.15, 0.2) is 0 Å². The average molecular weight is 245 g/mol. The monoisotopic (exact) mass is 245 g/mol. The average Bonchev–Trinajstić information content (AvgIpc) is 2.17. The van der Waals surface area contributed by atoms with Gasteiger partial charge in [-0.3, -0.25) is 4.79 Å². The van der Waals surface area contributed by atoms with E-state index in [4.69, 9.17) is 9.84 Å². The van der Waals surface area contributed by atoms with Gasteiger partial charge in [-0.2, -0.15) is 0 Å². The number of carboxylic acids is 1. The van der Waals surface area contributed by atoms with Crippen molar-refractivity contribution in [3.63, 3.8) is 0 Å². The lowest BCUT2D eigenvalue weighted by Gasteiger charge is -2.19. The van der Waals surface area contributed by atoms with Crippen molar-refractivity contribution in [3.05, 3.63) is 13.2 Å². The van der Waals surface area contributed by atoms with E-state index in [0.29, 0.717) is 19.4 Å². The third-order valence-corrected chi connectivity index (χ3v) is 1.49. The Hall–Kier alpha value is -1.52. The fourth-order valence-electron chi connectivity index (χ4n) is 0.906. The zero-order valence-electron chi connectivity index (χ0n) is 10.9. The molecule has 0 aromatic rings. The lowest BCUT2D eigenvalue weighted by Crippen LogP contribution is -2.33. The predicted octanol–water partition coefficient (Wildman–Crippen LogP) is 2.57. The highest BCUT2D eigenvalue weighted by Crippen LogP contribution is 2.06. The van der Waals surface area contributed by atoms with Gasteiger partial charge < -0.3 is 15.2 Å². The van der Waals surface area contributed by atoms with Crippen LogP contribution in [-0.4, -0.2) is 29.3 Å². The number of nitrogens with one attached hydrogen (secondary N) is 1. The van der Waals surface area contributed by atoms with Gasteiger partial charge in [-0.05, 0) is 33.6 Å². The summed E-state index contributed by atoms with van der Waals surface area (Å²) in [5.74, 6) is -0.813. The Labute approximate surface area is 103 Å². The van der Waals surface area contributed by atoms with E-state index in [1.807, 2.05) is 0 Å². The fourth-order valence-corrected chi connectivity index (χ4v) is 0.906. The lowest BCUT2D eigenvalue weighted by molar-refractivity contribution is -0.137. The normalized spacial score (nSPS) is 9.82. The van der Waals surface area contributed by atoms with E-state index >= 15 is 0 Å². The van der Waals surface area contributed by atoms with Gasteiger partial charge in [0.2, 0.25) is 0 Å². The molecule has 0 saturated heterocycles. The molecule has 0 saturated carbocycles. The van der Waals surface area contributed by atoms with Gasteiger partial charge in [0.05, 0.1) is 0 Å². The van der Waals surface area contributed by atoms with Crippen LogP contribution in [0.1, 0.15) is 40.0 Å². The number of unbranched alkanes of at least 4 members (excludes halogenated alkanes) is 1. The third-order valence-electron chi connectivity index (χ3n) is 1.49. The first-order valence-corrected chi connectivity index (χ1v) is 5.50. The summed E-state index contributed by atoms with van der Waals surface area (Å²) in [6.45, 7) is 11.8. The lowest BCUT2D eigenvalue weighted by atomic mass is 10.2. The van der Waals surface area contributed by atoms with Crippen molar-refractivity contribution in [3.8, 4) is 0 Å². The smallest absolute Gasteiger partial charge is 0.407 e. The van der Waals surface area contributed by atoms with E-state index in [9.17, 15) is 9.59 Å². The molecule has 5 heteroatoms. The fraction of sp³-hybridized carbons (Fsp3) is 0.667. The van der Waals surface area contributed by atoms with Crippen LogP contribution in [0.15, 0.2) is 13.2 Å². The van der Waals surface area contributed by atoms with Gasteiger partial charge >= 0.3 is 12.1 Å². The van der Waals surface area contributed by atoms with Gasteiger partial charge in [0.1, 0.15) is 5.60 Å². The first kappa shape index (κ1) is 17.9. The van der Waals surface area contributed by atoms with Crippen LogP contribution in [0.2, 0.25) is 0 Å². The van der Waals surface area contributed by atoms with E-state index in [1.165, 1.54) is 0 Å². The summed E-state index contributed by atoms with van der Waals surface area (Å²) in [5, 5.41) is 10.9. The molecule has 0 rings (SSSR count). The summed E-state index contributed by atoms with van der Waals surface area (Å²) in [5.41, 5.74) is -0.495. The molecule has 0 aromatic carbocycles. The van der Waals surface area contributed by atoms with Crippen LogP contribution in [0.3, 0.4) is 0 Å². The number of hydrogen-bond donors (Lipinski definition) is 2. The van der Waals surface area contributed by atoms with Crippen molar-refractivity contribution in [1.29, 1.82) is 0 Å². The van der Waals surface area contributed by atoms with Gasteiger partial charge in [-0.1, -0.05) is 0 Å². The number of hydrogen-bond acceptors (Lipinski definition) is 3. The van der Waals surface area contributed by atoms with Gasteiger partial charge in [0.25, 0.3) is 0 Å². The van der Waals surface area contributed by atoms with Crippen LogP contribution in [0, 0.1) is 0 Å². The van der Waals surface area contributed by atoms with E-state index in [1.54, 1.807) is 20.8 Å². The molecule has 0 aliphatic rings. The number of carboxylic acid groups (broad SMARTS) is 1. The Morgan fingerprint density at radius 3 is 2.18 bits per heavy atom. The Balaban J connectivity index is 0. The van der Waals surface area contributed by atoms with Gasteiger partial charge in [-0.25, -0.2) is 4.79 Å². The molecule has 100 valence electrons. The predicted molar refractivity (Wildman–Crippen MR) is 67.0 cm³/mol. The van der Waals surface area contributed by atoms with E-state index < -0.39 is 17.7 Å². The number of aliphatic carboxylic acids is 1. The standard InChI is InChI=1S/C10H19NO4.C2H4/c1-10(2,3)15-9(14)11-7-5-4-6-8(12)13;1-2/h4-7H2,1-3H3,(H,11,14)(H,12,13);1-2H2. The van der Waals surface area contributed by atoms with Crippen LogP contribution in [0.4, 0.5) is 4.79 Å². The molecular formula is C12H23NO4. The molecule has 1 amide bonds. The number of carbonyl (C=O) groups excluding carboxylic acids is 1.